The molecule has 150 valence electrons. The topological polar surface area (TPSA) is 33.4 Å². The number of hydrogen-bond acceptors (Lipinski definition) is 4. The maximum Gasteiger partial charge on any atom is 0.123 e. The number of hydrogen-bond donors (Lipinski definition) is 0. The second-order valence-corrected chi connectivity index (χ2v) is 7.87. The van der Waals surface area contributed by atoms with Gasteiger partial charge in [-0.15, -0.1) is 0 Å². The fourth-order valence-electron chi connectivity index (χ4n) is 4.14. The number of para-hydroxylation sites is 2. The summed E-state index contributed by atoms with van der Waals surface area (Å²) in [5.74, 6) is 1.55. The number of piperidine rings is 1. The SMILES string of the molecule is Fc1ccc(Cn2c(CC3CCN(CCN=C=S)CC3)nc3ccccc32)cc1. The number of halogens is 1. The van der Waals surface area contributed by atoms with Crippen LogP contribution in [0.15, 0.2) is 53.5 Å². The molecular weight excluding hydrogens is 383 g/mol. The Morgan fingerprint density at radius 2 is 1.86 bits per heavy atom. The van der Waals surface area contributed by atoms with Gasteiger partial charge in [-0.1, -0.05) is 24.3 Å². The van der Waals surface area contributed by atoms with E-state index in [2.05, 4.69) is 50.0 Å². The van der Waals surface area contributed by atoms with Crippen LogP contribution in [0.25, 0.3) is 11.0 Å². The highest BCUT2D eigenvalue weighted by atomic mass is 32.1. The van der Waals surface area contributed by atoms with Crippen LogP contribution >= 0.6 is 12.2 Å². The van der Waals surface area contributed by atoms with E-state index in [-0.39, 0.29) is 5.82 Å². The molecule has 1 aliphatic heterocycles. The second-order valence-electron chi connectivity index (χ2n) is 7.69. The molecule has 4 nitrogen and oxygen atoms in total. The van der Waals surface area contributed by atoms with Crippen molar-refractivity contribution in [2.75, 3.05) is 26.2 Å². The molecule has 0 spiro atoms. The van der Waals surface area contributed by atoms with Crippen molar-refractivity contribution < 1.29 is 4.39 Å². The third kappa shape index (κ3) is 4.96. The van der Waals surface area contributed by atoms with Crippen molar-refractivity contribution in [1.82, 2.24) is 14.5 Å². The first kappa shape index (κ1) is 19.9. The zero-order valence-electron chi connectivity index (χ0n) is 16.4. The molecule has 29 heavy (non-hydrogen) atoms. The lowest BCUT2D eigenvalue weighted by Crippen LogP contribution is -2.36. The number of fused-ring (bicyclic) bond motifs is 1. The highest BCUT2D eigenvalue weighted by Crippen LogP contribution is 2.25. The summed E-state index contributed by atoms with van der Waals surface area (Å²) < 4.78 is 15.6. The van der Waals surface area contributed by atoms with Crippen LogP contribution in [0.2, 0.25) is 0 Å². The molecule has 0 radical (unpaired) electrons. The molecule has 0 bridgehead atoms. The summed E-state index contributed by atoms with van der Waals surface area (Å²) in [6.45, 7) is 4.59. The zero-order valence-corrected chi connectivity index (χ0v) is 17.2. The third-order valence-corrected chi connectivity index (χ3v) is 5.89. The molecule has 0 amide bonds. The van der Waals surface area contributed by atoms with E-state index >= 15 is 0 Å². The van der Waals surface area contributed by atoms with Crippen LogP contribution in [0, 0.1) is 11.7 Å². The van der Waals surface area contributed by atoms with Gasteiger partial charge in [0.2, 0.25) is 0 Å². The van der Waals surface area contributed by atoms with Crippen LogP contribution in [-0.4, -0.2) is 45.8 Å². The van der Waals surface area contributed by atoms with Gasteiger partial charge in [-0.25, -0.2) is 14.4 Å². The van der Waals surface area contributed by atoms with Crippen molar-refractivity contribution in [3.8, 4) is 0 Å². The summed E-state index contributed by atoms with van der Waals surface area (Å²) in [4.78, 5) is 11.4. The molecule has 0 unspecified atom stereocenters. The van der Waals surface area contributed by atoms with E-state index in [4.69, 9.17) is 4.98 Å². The van der Waals surface area contributed by atoms with Crippen molar-refractivity contribution >= 4 is 28.4 Å². The summed E-state index contributed by atoms with van der Waals surface area (Å²) in [5.41, 5.74) is 3.26. The number of isothiocyanates is 1. The number of likely N-dealkylation sites (tertiary alicyclic amines) is 1. The summed E-state index contributed by atoms with van der Waals surface area (Å²) in [5, 5.41) is 2.44. The highest BCUT2D eigenvalue weighted by molar-refractivity contribution is 7.78. The summed E-state index contributed by atoms with van der Waals surface area (Å²) in [6, 6.07) is 15.0. The lowest BCUT2D eigenvalue weighted by molar-refractivity contribution is 0.187. The lowest BCUT2D eigenvalue weighted by atomic mass is 9.93. The molecule has 0 saturated carbocycles. The van der Waals surface area contributed by atoms with E-state index < -0.39 is 0 Å². The van der Waals surface area contributed by atoms with Gasteiger partial charge in [0, 0.05) is 19.5 Å². The second kappa shape index (κ2) is 9.40. The minimum absolute atomic E-state index is 0.201. The third-order valence-electron chi connectivity index (χ3n) is 5.76. The maximum absolute atomic E-state index is 13.3. The Labute approximate surface area is 176 Å². The van der Waals surface area contributed by atoms with Gasteiger partial charge in [0.05, 0.1) is 22.7 Å². The van der Waals surface area contributed by atoms with Crippen molar-refractivity contribution in [2.24, 2.45) is 10.9 Å². The minimum atomic E-state index is -0.201. The molecule has 6 heteroatoms. The Bertz CT molecular complexity index is 999. The molecule has 0 N–H and O–H groups in total. The summed E-state index contributed by atoms with van der Waals surface area (Å²) >= 11 is 4.64. The fourth-order valence-corrected chi connectivity index (χ4v) is 4.23. The van der Waals surface area contributed by atoms with Crippen molar-refractivity contribution in [3.63, 3.8) is 0 Å². The molecule has 2 heterocycles. The first-order valence-corrected chi connectivity index (χ1v) is 10.6. The average molecular weight is 409 g/mol. The first-order chi connectivity index (χ1) is 14.2. The molecule has 2 aromatic carbocycles. The van der Waals surface area contributed by atoms with Gasteiger partial charge in [-0.2, -0.15) is 0 Å². The molecule has 4 rings (SSSR count). The van der Waals surface area contributed by atoms with Gasteiger partial charge in [-0.3, -0.25) is 0 Å². The van der Waals surface area contributed by atoms with E-state index in [1.165, 1.54) is 25.0 Å². The van der Waals surface area contributed by atoms with Crippen molar-refractivity contribution in [3.05, 3.63) is 65.7 Å². The highest BCUT2D eigenvalue weighted by Gasteiger charge is 2.22. The smallest absolute Gasteiger partial charge is 0.123 e. The Balaban J connectivity index is 1.48. The number of aromatic nitrogens is 2. The summed E-state index contributed by atoms with van der Waals surface area (Å²) in [7, 11) is 0. The molecule has 1 fully saturated rings. The van der Waals surface area contributed by atoms with E-state index in [9.17, 15) is 4.39 Å². The number of aliphatic imine (C=N–C) groups is 1. The van der Waals surface area contributed by atoms with Crippen LogP contribution in [0.4, 0.5) is 4.39 Å². The molecule has 1 aliphatic rings. The molecule has 0 aliphatic carbocycles. The molecular formula is C23H25FN4S. The number of benzene rings is 2. The summed E-state index contributed by atoms with van der Waals surface area (Å²) in [6.07, 6.45) is 3.31. The Morgan fingerprint density at radius 3 is 2.62 bits per heavy atom. The normalized spacial score (nSPS) is 15.5. The molecule has 0 atom stereocenters. The predicted octanol–water partition coefficient (Wildman–Crippen LogP) is 4.58. The number of imidazole rings is 1. The lowest BCUT2D eigenvalue weighted by Gasteiger charge is -2.31. The van der Waals surface area contributed by atoms with Crippen LogP contribution in [0.3, 0.4) is 0 Å². The van der Waals surface area contributed by atoms with E-state index in [1.54, 1.807) is 0 Å². The number of rotatable bonds is 7. The zero-order chi connectivity index (χ0) is 20.1. The van der Waals surface area contributed by atoms with Gasteiger partial charge in [0.15, 0.2) is 0 Å². The van der Waals surface area contributed by atoms with Crippen LogP contribution in [0.1, 0.15) is 24.2 Å². The van der Waals surface area contributed by atoms with Gasteiger partial charge < -0.3 is 9.47 Å². The minimum Gasteiger partial charge on any atom is -0.323 e. The van der Waals surface area contributed by atoms with Crippen molar-refractivity contribution in [1.29, 1.82) is 0 Å². The van der Waals surface area contributed by atoms with Crippen molar-refractivity contribution in [2.45, 2.75) is 25.8 Å². The largest absolute Gasteiger partial charge is 0.323 e. The van der Waals surface area contributed by atoms with Gasteiger partial charge in [0.25, 0.3) is 0 Å². The number of nitrogens with zero attached hydrogens (tertiary/aromatic N) is 4. The molecule has 1 aromatic heterocycles. The van der Waals surface area contributed by atoms with Gasteiger partial charge in [-0.05, 0) is 73.9 Å². The number of thiocarbonyl (C=S) groups is 1. The van der Waals surface area contributed by atoms with Gasteiger partial charge in [0.1, 0.15) is 11.6 Å². The Morgan fingerprint density at radius 1 is 1.10 bits per heavy atom. The van der Waals surface area contributed by atoms with E-state index in [1.807, 2.05) is 18.2 Å². The van der Waals surface area contributed by atoms with Crippen LogP contribution in [0.5, 0.6) is 0 Å². The Hall–Kier alpha value is -2.40. The fraction of sp³-hybridized carbons (Fsp3) is 0.391. The maximum atomic E-state index is 13.3. The van der Waals surface area contributed by atoms with Gasteiger partial charge >= 0.3 is 0 Å². The van der Waals surface area contributed by atoms with E-state index in [0.29, 0.717) is 12.5 Å². The quantitative estimate of drug-likeness (QED) is 0.424. The predicted molar refractivity (Wildman–Crippen MR) is 118 cm³/mol. The standard InChI is InChI=1S/C23H25FN4S/c24-20-7-5-19(6-8-20)16-28-22-4-2-1-3-21(22)26-23(28)15-18-9-12-27(13-10-18)14-11-25-17-29/h1-8,18H,9-16H2. The monoisotopic (exact) mass is 408 g/mol. The van der Waals surface area contributed by atoms with Crippen LogP contribution < -0.4 is 0 Å². The van der Waals surface area contributed by atoms with Crippen LogP contribution in [-0.2, 0) is 13.0 Å². The Kier molecular flexibility index (Phi) is 6.45. The van der Waals surface area contributed by atoms with E-state index in [0.717, 1.165) is 55.0 Å². The molecule has 1 saturated heterocycles. The molecule has 3 aromatic rings. The average Bonchev–Trinajstić information content (AvgIpc) is 3.08. The first-order valence-electron chi connectivity index (χ1n) is 10.2.